The van der Waals surface area contributed by atoms with Gasteiger partial charge in [-0.2, -0.15) is 5.10 Å². The first-order chi connectivity index (χ1) is 13.0. The highest BCUT2D eigenvalue weighted by molar-refractivity contribution is 6.33. The van der Waals surface area contributed by atoms with Crippen molar-refractivity contribution in [1.82, 2.24) is 5.43 Å². The fourth-order valence-corrected chi connectivity index (χ4v) is 2.71. The number of ether oxygens (including phenoxy) is 2. The molecule has 4 rings (SSSR count). The van der Waals surface area contributed by atoms with Crippen molar-refractivity contribution in [2.75, 3.05) is 6.79 Å². The minimum absolute atomic E-state index is 0.0283. The van der Waals surface area contributed by atoms with Crippen LogP contribution >= 0.6 is 11.6 Å². The van der Waals surface area contributed by atoms with Crippen molar-refractivity contribution >= 4 is 40.4 Å². The van der Waals surface area contributed by atoms with Crippen LogP contribution in [0.5, 0.6) is 11.5 Å². The van der Waals surface area contributed by atoms with Gasteiger partial charge in [0.25, 0.3) is 5.69 Å². The molecule has 1 amide bonds. The van der Waals surface area contributed by atoms with Crippen molar-refractivity contribution in [1.29, 1.82) is 0 Å². The van der Waals surface area contributed by atoms with Crippen molar-refractivity contribution in [3.63, 3.8) is 0 Å². The van der Waals surface area contributed by atoms with E-state index in [0.717, 1.165) is 0 Å². The molecule has 3 aromatic rings. The minimum Gasteiger partial charge on any atom is -0.454 e. The van der Waals surface area contributed by atoms with Gasteiger partial charge in [-0.15, -0.1) is 0 Å². The third-order valence-corrected chi connectivity index (χ3v) is 4.12. The molecule has 1 aliphatic rings. The molecule has 0 saturated carbocycles. The molecule has 0 bridgehead atoms. The van der Waals surface area contributed by atoms with Gasteiger partial charge in [0.05, 0.1) is 16.2 Å². The normalized spacial score (nSPS) is 12.6. The van der Waals surface area contributed by atoms with Crippen LogP contribution in [0.15, 0.2) is 45.9 Å². The van der Waals surface area contributed by atoms with Gasteiger partial charge in [-0.3, -0.25) is 14.9 Å². The number of hydrogen-bond donors (Lipinski definition) is 1. The Morgan fingerprint density at radius 1 is 1.22 bits per heavy atom. The molecule has 0 radical (unpaired) electrons. The molecule has 10 heteroatoms. The van der Waals surface area contributed by atoms with E-state index in [1.165, 1.54) is 30.5 Å². The van der Waals surface area contributed by atoms with Gasteiger partial charge in [0, 0.05) is 29.1 Å². The Balaban J connectivity index is 1.50. The Morgan fingerprint density at radius 3 is 2.78 bits per heavy atom. The molecule has 0 atom stereocenters. The summed E-state index contributed by atoms with van der Waals surface area (Å²) in [6.07, 6.45) is 1.36. The summed E-state index contributed by atoms with van der Waals surface area (Å²) in [5.74, 6) is 0.435. The molecule has 136 valence electrons. The molecule has 1 aliphatic heterocycles. The van der Waals surface area contributed by atoms with Gasteiger partial charge in [-0.05, 0) is 18.2 Å². The largest absolute Gasteiger partial charge is 0.454 e. The molecule has 0 spiro atoms. The van der Waals surface area contributed by atoms with Gasteiger partial charge in [0.15, 0.2) is 17.3 Å². The zero-order valence-electron chi connectivity index (χ0n) is 13.5. The zero-order chi connectivity index (χ0) is 19.0. The molecular formula is C17H10ClN3O6. The Kier molecular flexibility index (Phi) is 4.13. The van der Waals surface area contributed by atoms with Crippen LogP contribution in [0.2, 0.25) is 5.02 Å². The zero-order valence-corrected chi connectivity index (χ0v) is 14.2. The number of furan rings is 1. The van der Waals surface area contributed by atoms with E-state index in [9.17, 15) is 14.9 Å². The van der Waals surface area contributed by atoms with Crippen molar-refractivity contribution in [2.45, 2.75) is 0 Å². The summed E-state index contributed by atoms with van der Waals surface area (Å²) in [6.45, 7) is 0.118. The van der Waals surface area contributed by atoms with Crippen LogP contribution in [0.1, 0.15) is 16.1 Å². The number of fused-ring (bicyclic) bond motifs is 2. The summed E-state index contributed by atoms with van der Waals surface area (Å²) in [5.41, 5.74) is 3.11. The van der Waals surface area contributed by atoms with Gasteiger partial charge in [-0.1, -0.05) is 11.6 Å². The van der Waals surface area contributed by atoms with Gasteiger partial charge >= 0.3 is 5.91 Å². The van der Waals surface area contributed by atoms with E-state index < -0.39 is 10.8 Å². The molecule has 0 aliphatic carbocycles. The Morgan fingerprint density at radius 2 is 2.00 bits per heavy atom. The van der Waals surface area contributed by atoms with E-state index in [1.54, 1.807) is 12.1 Å². The van der Waals surface area contributed by atoms with Crippen LogP contribution in [0.25, 0.3) is 11.0 Å². The number of benzene rings is 2. The maximum absolute atomic E-state index is 12.2. The number of nitro benzene ring substituents is 1. The third-order valence-electron chi connectivity index (χ3n) is 3.80. The van der Waals surface area contributed by atoms with Gasteiger partial charge in [0.1, 0.15) is 5.58 Å². The van der Waals surface area contributed by atoms with Crippen molar-refractivity contribution in [3.05, 3.63) is 62.9 Å². The summed E-state index contributed by atoms with van der Waals surface area (Å²) in [4.78, 5) is 22.5. The van der Waals surface area contributed by atoms with Crippen molar-refractivity contribution in [3.8, 4) is 11.5 Å². The number of hydrazone groups is 1. The van der Waals surface area contributed by atoms with Crippen LogP contribution in [-0.4, -0.2) is 23.8 Å². The van der Waals surface area contributed by atoms with E-state index in [-0.39, 0.29) is 18.2 Å². The van der Waals surface area contributed by atoms with E-state index in [1.807, 2.05) is 0 Å². The quantitative estimate of drug-likeness (QED) is 0.416. The molecule has 2 heterocycles. The second-order valence-corrected chi connectivity index (χ2v) is 5.92. The predicted molar refractivity (Wildman–Crippen MR) is 95.5 cm³/mol. The molecule has 9 nitrogen and oxygen atoms in total. The summed E-state index contributed by atoms with van der Waals surface area (Å²) < 4.78 is 15.8. The van der Waals surface area contributed by atoms with Crippen LogP contribution in [0.4, 0.5) is 5.69 Å². The van der Waals surface area contributed by atoms with E-state index >= 15 is 0 Å². The van der Waals surface area contributed by atoms with Gasteiger partial charge in [0.2, 0.25) is 6.79 Å². The molecule has 0 fully saturated rings. The number of halogens is 1. The van der Waals surface area contributed by atoms with Gasteiger partial charge < -0.3 is 13.9 Å². The number of nitrogens with zero attached hydrogens (tertiary/aromatic N) is 2. The smallest absolute Gasteiger partial charge is 0.307 e. The number of nitrogens with one attached hydrogen (secondary N) is 1. The monoisotopic (exact) mass is 387 g/mol. The second-order valence-electron chi connectivity index (χ2n) is 5.52. The van der Waals surface area contributed by atoms with Crippen LogP contribution in [-0.2, 0) is 0 Å². The fraction of sp³-hybridized carbons (Fsp3) is 0.0588. The number of nitro groups is 1. The third kappa shape index (κ3) is 3.27. The second kappa shape index (κ2) is 6.61. The number of amides is 1. The van der Waals surface area contributed by atoms with E-state index in [4.69, 9.17) is 25.5 Å². The SMILES string of the molecule is O=C(N/N=C/c1cc2c(cc1Cl)OCO2)c1cc2cc([N+](=O)[O-])ccc2o1. The highest BCUT2D eigenvalue weighted by atomic mass is 35.5. The molecule has 27 heavy (non-hydrogen) atoms. The Hall–Kier alpha value is -3.59. The molecule has 2 aromatic carbocycles. The Labute approximate surface area is 156 Å². The Bertz CT molecular complexity index is 1110. The highest BCUT2D eigenvalue weighted by Gasteiger charge is 2.17. The lowest BCUT2D eigenvalue weighted by atomic mass is 10.2. The van der Waals surface area contributed by atoms with Crippen molar-refractivity contribution in [2.24, 2.45) is 5.10 Å². The first-order valence-electron chi connectivity index (χ1n) is 7.62. The minimum atomic E-state index is -0.609. The first kappa shape index (κ1) is 16.9. The lowest BCUT2D eigenvalue weighted by molar-refractivity contribution is -0.384. The van der Waals surface area contributed by atoms with Crippen LogP contribution in [0, 0.1) is 10.1 Å². The van der Waals surface area contributed by atoms with Crippen LogP contribution in [0.3, 0.4) is 0 Å². The summed E-state index contributed by atoms with van der Waals surface area (Å²) in [7, 11) is 0. The molecule has 0 unspecified atom stereocenters. The van der Waals surface area contributed by atoms with Crippen molar-refractivity contribution < 1.29 is 23.6 Å². The number of rotatable bonds is 4. The average Bonchev–Trinajstić information content (AvgIpc) is 3.27. The summed E-state index contributed by atoms with van der Waals surface area (Å²) in [6, 6.07) is 8.69. The summed E-state index contributed by atoms with van der Waals surface area (Å²) >= 11 is 6.12. The van der Waals surface area contributed by atoms with E-state index in [2.05, 4.69) is 10.5 Å². The number of hydrogen-bond acceptors (Lipinski definition) is 7. The van der Waals surface area contributed by atoms with Gasteiger partial charge in [-0.25, -0.2) is 5.43 Å². The maximum Gasteiger partial charge on any atom is 0.307 e. The maximum atomic E-state index is 12.2. The topological polar surface area (TPSA) is 116 Å². The number of non-ortho nitro benzene ring substituents is 1. The molecule has 1 aromatic heterocycles. The first-order valence-corrected chi connectivity index (χ1v) is 7.99. The average molecular weight is 388 g/mol. The van der Waals surface area contributed by atoms with Crippen LogP contribution < -0.4 is 14.9 Å². The molecule has 1 N–H and O–H groups in total. The highest BCUT2D eigenvalue weighted by Crippen LogP contribution is 2.36. The molecule has 0 saturated heterocycles. The lowest BCUT2D eigenvalue weighted by Crippen LogP contribution is -2.16. The molecular weight excluding hydrogens is 378 g/mol. The number of carbonyl (C=O) groups is 1. The predicted octanol–water partition coefficient (Wildman–Crippen LogP) is 3.49. The fourth-order valence-electron chi connectivity index (χ4n) is 2.50. The lowest BCUT2D eigenvalue weighted by Gasteiger charge is -2.01. The van der Waals surface area contributed by atoms with E-state index in [0.29, 0.717) is 33.1 Å². The number of carbonyl (C=O) groups excluding carboxylic acids is 1. The standard InChI is InChI=1S/C17H10ClN3O6/c18-12-6-15-14(25-8-26-15)5-10(12)7-19-20-17(22)16-4-9-3-11(21(23)24)1-2-13(9)27-16/h1-7H,8H2,(H,20,22)/b19-7+. The summed E-state index contributed by atoms with van der Waals surface area (Å²) in [5, 5.41) is 15.5.